The lowest BCUT2D eigenvalue weighted by atomic mass is 9.80. The van der Waals surface area contributed by atoms with Crippen LogP contribution in [0.15, 0.2) is 0 Å². The number of likely N-dealkylation sites (tertiary alicyclic amines) is 1. The molecule has 0 spiro atoms. The summed E-state index contributed by atoms with van der Waals surface area (Å²) in [7, 11) is 7.48. The minimum Gasteiger partial charge on any atom is -0.444 e. The fourth-order valence-corrected chi connectivity index (χ4v) is 8.47. The minimum atomic E-state index is -0.495. The van der Waals surface area contributed by atoms with Crippen molar-refractivity contribution < 1.29 is 38.2 Å². The van der Waals surface area contributed by atoms with Gasteiger partial charge in [0.15, 0.2) is 0 Å². The second-order valence-corrected chi connectivity index (χ2v) is 20.9. The van der Waals surface area contributed by atoms with Crippen molar-refractivity contribution in [3.8, 4) is 0 Å². The maximum absolute atomic E-state index is 13.1. The lowest BCUT2D eigenvalue weighted by molar-refractivity contribution is -0.139. The SMILES string of the molecule is CN(CC1CCC(C(=O)N2CCC(CN(C)C(=O)OC(C)(C)C)CC2)CC1)C(=O)OC(C)(C)C.CN1CCN(C(=O)C2CCC(CN(C)C(=O)OC(C)(C)C)CC2)CC1. The summed E-state index contributed by atoms with van der Waals surface area (Å²) in [5.74, 6) is 2.14. The zero-order valence-corrected chi connectivity index (χ0v) is 39.3. The Morgan fingerprint density at radius 2 is 0.712 bits per heavy atom. The number of piperidine rings is 1. The molecule has 0 bridgehead atoms. The van der Waals surface area contributed by atoms with Gasteiger partial charge in [0.2, 0.25) is 11.8 Å². The highest BCUT2D eigenvalue weighted by Gasteiger charge is 2.35. The average Bonchev–Trinajstić information content (AvgIpc) is 3.13. The predicted octanol–water partition coefficient (Wildman–Crippen LogP) is 7.20. The van der Waals surface area contributed by atoms with Gasteiger partial charge in [-0.15, -0.1) is 0 Å². The summed E-state index contributed by atoms with van der Waals surface area (Å²) in [5, 5.41) is 0. The van der Waals surface area contributed by atoms with E-state index in [1.54, 1.807) is 35.8 Å². The zero-order chi connectivity index (χ0) is 44.3. The molecule has 14 nitrogen and oxygen atoms in total. The van der Waals surface area contributed by atoms with E-state index in [9.17, 15) is 24.0 Å². The Balaban J connectivity index is 0.000000330. The van der Waals surface area contributed by atoms with Crippen LogP contribution in [0.25, 0.3) is 0 Å². The molecule has 0 atom stereocenters. The van der Waals surface area contributed by atoms with Crippen molar-refractivity contribution in [3.63, 3.8) is 0 Å². The molecule has 59 heavy (non-hydrogen) atoms. The number of hydrogen-bond donors (Lipinski definition) is 0. The maximum atomic E-state index is 13.1. The Kier molecular flexibility index (Phi) is 18.7. The molecule has 4 aliphatic rings. The van der Waals surface area contributed by atoms with Crippen molar-refractivity contribution in [2.24, 2.45) is 29.6 Å². The van der Waals surface area contributed by atoms with Gasteiger partial charge in [-0.2, -0.15) is 0 Å². The van der Waals surface area contributed by atoms with Gasteiger partial charge in [0.05, 0.1) is 0 Å². The van der Waals surface area contributed by atoms with Crippen LogP contribution in [0.3, 0.4) is 0 Å². The number of likely N-dealkylation sites (N-methyl/N-ethyl adjacent to an activating group) is 1. The maximum Gasteiger partial charge on any atom is 0.410 e. The number of hydrogen-bond acceptors (Lipinski definition) is 9. The number of nitrogens with zero attached hydrogens (tertiary/aromatic N) is 6. The van der Waals surface area contributed by atoms with Crippen molar-refractivity contribution >= 4 is 30.1 Å². The largest absolute Gasteiger partial charge is 0.444 e. The standard InChI is InChI=1S/C26H47N3O5.C19H35N3O3/c1-25(2,3)33-23(31)27(7)17-19-9-11-21(12-10-19)22(30)29-15-13-20(14-16-29)18-28(8)24(32)34-26(4,5)6;1-19(2,3)25-18(24)21(5)14-15-6-8-16(9-7-15)17(23)22-12-10-20(4)11-13-22/h19-21H,9-18H2,1-8H3;15-16H,6-14H2,1-5H3. The second-order valence-electron chi connectivity index (χ2n) is 20.9. The van der Waals surface area contributed by atoms with E-state index in [1.807, 2.05) is 72.1 Å². The number of rotatable bonds is 8. The molecule has 5 amide bonds. The van der Waals surface area contributed by atoms with E-state index >= 15 is 0 Å². The Bertz CT molecular complexity index is 1300. The second kappa shape index (κ2) is 22.0. The zero-order valence-electron chi connectivity index (χ0n) is 39.3. The normalized spacial score (nSPS) is 23.6. The monoisotopic (exact) mass is 835 g/mol. The summed E-state index contributed by atoms with van der Waals surface area (Å²) in [5.41, 5.74) is -1.45. The predicted molar refractivity (Wildman–Crippen MR) is 231 cm³/mol. The van der Waals surface area contributed by atoms with Crippen LogP contribution >= 0.6 is 0 Å². The van der Waals surface area contributed by atoms with Crippen LogP contribution in [-0.4, -0.2) is 163 Å². The molecular weight excluding hydrogens is 753 g/mol. The lowest BCUT2D eigenvalue weighted by Crippen LogP contribution is -2.49. The van der Waals surface area contributed by atoms with E-state index in [1.165, 1.54) is 0 Å². The molecule has 0 N–H and O–H groups in total. The van der Waals surface area contributed by atoms with Gasteiger partial charge >= 0.3 is 18.3 Å². The van der Waals surface area contributed by atoms with Crippen molar-refractivity contribution in [2.45, 2.75) is 143 Å². The molecule has 0 aromatic rings. The Labute approximate surface area is 356 Å². The topological polar surface area (TPSA) is 132 Å². The first-order chi connectivity index (χ1) is 27.3. The third-order valence-electron chi connectivity index (χ3n) is 11.8. The summed E-state index contributed by atoms with van der Waals surface area (Å²) >= 11 is 0. The Hall–Kier alpha value is -3.29. The average molecular weight is 835 g/mol. The number of piperazine rings is 1. The van der Waals surface area contributed by atoms with E-state index in [0.29, 0.717) is 43.3 Å². The van der Waals surface area contributed by atoms with Gasteiger partial charge in [-0.3, -0.25) is 9.59 Å². The Morgan fingerprint density at radius 3 is 1.00 bits per heavy atom. The van der Waals surface area contributed by atoms with Gasteiger partial charge in [0.1, 0.15) is 16.8 Å². The van der Waals surface area contributed by atoms with Crippen LogP contribution in [-0.2, 0) is 23.8 Å². The number of amides is 5. The summed E-state index contributed by atoms with van der Waals surface area (Å²) in [6.07, 6.45) is 8.57. The molecule has 2 saturated carbocycles. The van der Waals surface area contributed by atoms with Crippen molar-refractivity contribution in [1.82, 2.24) is 29.4 Å². The third kappa shape index (κ3) is 18.1. The molecule has 0 radical (unpaired) electrons. The third-order valence-corrected chi connectivity index (χ3v) is 11.8. The van der Waals surface area contributed by atoms with Gasteiger partial charge < -0.3 is 43.6 Å². The van der Waals surface area contributed by atoms with Crippen molar-refractivity contribution in [1.29, 1.82) is 0 Å². The van der Waals surface area contributed by atoms with E-state index in [-0.39, 0.29) is 36.0 Å². The molecule has 0 unspecified atom stereocenters. The van der Waals surface area contributed by atoms with Crippen LogP contribution in [0, 0.1) is 29.6 Å². The highest BCUT2D eigenvalue weighted by molar-refractivity contribution is 5.79. The lowest BCUT2D eigenvalue weighted by Gasteiger charge is -2.37. The fourth-order valence-electron chi connectivity index (χ4n) is 8.47. The van der Waals surface area contributed by atoms with Gasteiger partial charge in [-0.1, -0.05) is 0 Å². The van der Waals surface area contributed by atoms with Crippen LogP contribution in [0.4, 0.5) is 14.4 Å². The molecule has 0 aromatic carbocycles. The van der Waals surface area contributed by atoms with Crippen molar-refractivity contribution in [2.75, 3.05) is 87.1 Å². The first-order valence-corrected chi connectivity index (χ1v) is 22.4. The van der Waals surface area contributed by atoms with Crippen LogP contribution in [0.5, 0.6) is 0 Å². The minimum absolute atomic E-state index is 0.0871. The Morgan fingerprint density at radius 1 is 0.441 bits per heavy atom. The molecule has 4 rings (SSSR count). The van der Waals surface area contributed by atoms with E-state index in [4.69, 9.17) is 14.2 Å². The smallest absolute Gasteiger partial charge is 0.410 e. The molecule has 2 aliphatic heterocycles. The molecule has 340 valence electrons. The summed E-state index contributed by atoms with van der Waals surface area (Å²) in [4.78, 5) is 73.6. The van der Waals surface area contributed by atoms with Gasteiger partial charge in [-0.25, -0.2) is 14.4 Å². The number of carbonyl (C=O) groups is 5. The quantitative estimate of drug-likeness (QED) is 0.233. The van der Waals surface area contributed by atoms with Crippen LogP contribution in [0.1, 0.15) is 127 Å². The first kappa shape index (κ1) is 50.1. The van der Waals surface area contributed by atoms with Gasteiger partial charge in [-0.05, 0) is 151 Å². The fraction of sp³-hybridized carbons (Fsp3) is 0.889. The first-order valence-electron chi connectivity index (χ1n) is 22.4. The molecular formula is C45H82N6O8. The number of ether oxygens (including phenoxy) is 3. The van der Waals surface area contributed by atoms with Gasteiger partial charge in [0, 0.05) is 91.9 Å². The summed E-state index contributed by atoms with van der Waals surface area (Å²) < 4.78 is 16.3. The number of carbonyl (C=O) groups excluding carboxylic acids is 5. The van der Waals surface area contributed by atoms with Crippen molar-refractivity contribution in [3.05, 3.63) is 0 Å². The van der Waals surface area contributed by atoms with E-state index in [0.717, 1.165) is 103 Å². The molecule has 2 saturated heterocycles. The highest BCUT2D eigenvalue weighted by Crippen LogP contribution is 2.33. The molecule has 0 aromatic heterocycles. The summed E-state index contributed by atoms with van der Waals surface area (Å²) in [6, 6.07) is 0. The van der Waals surface area contributed by atoms with Crippen LogP contribution in [0.2, 0.25) is 0 Å². The molecule has 4 fully saturated rings. The van der Waals surface area contributed by atoms with Crippen LogP contribution < -0.4 is 0 Å². The summed E-state index contributed by atoms with van der Waals surface area (Å²) in [6.45, 7) is 24.1. The molecule has 2 heterocycles. The van der Waals surface area contributed by atoms with Gasteiger partial charge in [0.25, 0.3) is 0 Å². The van der Waals surface area contributed by atoms with E-state index in [2.05, 4.69) is 11.9 Å². The van der Waals surface area contributed by atoms with E-state index < -0.39 is 16.8 Å². The molecule has 2 aliphatic carbocycles. The highest BCUT2D eigenvalue weighted by atomic mass is 16.6. The molecule has 14 heteroatoms.